The number of amides is 1. The molecule has 1 amide bonds. The molecule has 0 aliphatic heterocycles. The second-order valence-corrected chi connectivity index (χ2v) is 8.45. The molecular weight excluding hydrogens is 400 g/mol. The van der Waals surface area contributed by atoms with Crippen LogP contribution in [0, 0.1) is 0 Å². The van der Waals surface area contributed by atoms with E-state index in [1.54, 1.807) is 27.0 Å². The summed E-state index contributed by atoms with van der Waals surface area (Å²) in [6, 6.07) is 12.0. The van der Waals surface area contributed by atoms with Crippen molar-refractivity contribution < 1.29 is 17.9 Å². The molecule has 0 aliphatic rings. The van der Waals surface area contributed by atoms with Gasteiger partial charge in [-0.1, -0.05) is 37.6 Å². The Labute approximate surface area is 171 Å². The largest absolute Gasteiger partial charge is 0.497 e. The zero-order valence-electron chi connectivity index (χ0n) is 16.2. The molecule has 0 saturated heterocycles. The van der Waals surface area contributed by atoms with Crippen molar-refractivity contribution in [2.75, 3.05) is 25.5 Å². The van der Waals surface area contributed by atoms with E-state index in [4.69, 9.17) is 16.3 Å². The summed E-state index contributed by atoms with van der Waals surface area (Å²) in [7, 11) is -2.12. The third-order valence-corrected chi connectivity index (χ3v) is 6.84. The van der Waals surface area contributed by atoms with E-state index in [0.29, 0.717) is 25.2 Å². The molecule has 1 N–H and O–H groups in total. The summed E-state index contributed by atoms with van der Waals surface area (Å²) in [5.41, 5.74) is 1.38. The summed E-state index contributed by atoms with van der Waals surface area (Å²) in [4.78, 5) is 12.3. The Morgan fingerprint density at radius 2 is 1.86 bits per heavy atom. The Hall–Kier alpha value is -2.09. The summed E-state index contributed by atoms with van der Waals surface area (Å²) in [6.07, 6.45) is 0.801. The van der Waals surface area contributed by atoms with Gasteiger partial charge >= 0.3 is 0 Å². The Kier molecular flexibility index (Phi) is 7.86. The molecule has 0 spiro atoms. The van der Waals surface area contributed by atoms with E-state index in [-0.39, 0.29) is 22.2 Å². The number of nitrogens with zero attached hydrogens (tertiary/aromatic N) is 1. The maximum Gasteiger partial charge on any atom is 0.244 e. The minimum atomic E-state index is -3.72. The van der Waals surface area contributed by atoms with Crippen molar-refractivity contribution in [2.24, 2.45) is 0 Å². The monoisotopic (exact) mass is 424 g/mol. The van der Waals surface area contributed by atoms with Crippen LogP contribution in [0.2, 0.25) is 5.02 Å². The number of carbonyl (C=O) groups excluding carboxylic acids is 1. The highest BCUT2D eigenvalue weighted by Crippen LogP contribution is 2.28. The van der Waals surface area contributed by atoms with E-state index in [9.17, 15) is 13.2 Å². The van der Waals surface area contributed by atoms with E-state index in [0.717, 1.165) is 11.3 Å². The molecule has 28 heavy (non-hydrogen) atoms. The minimum absolute atomic E-state index is 0.0107. The maximum absolute atomic E-state index is 12.7. The van der Waals surface area contributed by atoms with E-state index in [1.165, 1.54) is 16.4 Å². The molecular formula is C20H25ClN2O4S. The average Bonchev–Trinajstić information content (AvgIpc) is 2.68. The summed E-state index contributed by atoms with van der Waals surface area (Å²) < 4.78 is 32.0. The number of sulfonamides is 1. The van der Waals surface area contributed by atoms with Gasteiger partial charge in [-0.05, 0) is 42.3 Å². The fourth-order valence-electron chi connectivity index (χ4n) is 2.79. The van der Waals surface area contributed by atoms with E-state index >= 15 is 0 Å². The topological polar surface area (TPSA) is 75.7 Å². The minimum Gasteiger partial charge on any atom is -0.497 e. The molecule has 0 aromatic heterocycles. The van der Waals surface area contributed by atoms with E-state index in [1.807, 2.05) is 24.3 Å². The molecule has 0 radical (unpaired) electrons. The lowest BCUT2D eigenvalue weighted by atomic mass is 10.1. The molecule has 152 valence electrons. The molecule has 6 nitrogen and oxygen atoms in total. The van der Waals surface area contributed by atoms with E-state index < -0.39 is 10.0 Å². The molecule has 2 aromatic rings. The van der Waals surface area contributed by atoms with Crippen LogP contribution in [0.5, 0.6) is 5.75 Å². The summed E-state index contributed by atoms with van der Waals surface area (Å²) in [5.74, 6) is 0.526. The van der Waals surface area contributed by atoms with Crippen molar-refractivity contribution in [3.05, 3.63) is 53.1 Å². The lowest BCUT2D eigenvalue weighted by Gasteiger charge is -2.19. The number of halogens is 1. The van der Waals surface area contributed by atoms with Crippen molar-refractivity contribution in [1.82, 2.24) is 4.31 Å². The molecule has 0 heterocycles. The van der Waals surface area contributed by atoms with Crippen LogP contribution in [0.15, 0.2) is 47.4 Å². The van der Waals surface area contributed by atoms with Gasteiger partial charge in [-0.2, -0.15) is 4.31 Å². The second-order valence-electron chi connectivity index (χ2n) is 6.13. The van der Waals surface area contributed by atoms with Gasteiger partial charge in [-0.25, -0.2) is 8.42 Å². The Morgan fingerprint density at radius 1 is 1.14 bits per heavy atom. The van der Waals surface area contributed by atoms with Crippen LogP contribution >= 0.6 is 11.6 Å². The number of benzene rings is 2. The first-order chi connectivity index (χ1) is 13.3. The van der Waals surface area contributed by atoms with Crippen LogP contribution in [0.3, 0.4) is 0 Å². The average molecular weight is 425 g/mol. The number of nitrogens with one attached hydrogen (secondary N) is 1. The van der Waals surface area contributed by atoms with Gasteiger partial charge in [-0.15, -0.1) is 0 Å². The fourth-order valence-corrected chi connectivity index (χ4v) is 4.75. The zero-order valence-corrected chi connectivity index (χ0v) is 17.8. The van der Waals surface area contributed by atoms with Crippen LogP contribution in [0.1, 0.15) is 25.8 Å². The van der Waals surface area contributed by atoms with Crippen molar-refractivity contribution in [3.63, 3.8) is 0 Å². The molecule has 8 heteroatoms. The standard InChI is InChI=1S/C20H25ClN2O4S/c1-4-23(5-2)28(25,26)19-14-16(10-11-18(19)21)22-20(24)12-9-15-7-6-8-17(13-15)27-3/h6-8,10-11,13-14H,4-5,9,12H2,1-3H3,(H,22,24). The van der Waals surface area contributed by atoms with Crippen molar-refractivity contribution in [2.45, 2.75) is 31.6 Å². The number of rotatable bonds is 9. The summed E-state index contributed by atoms with van der Waals surface area (Å²) in [6.45, 7) is 4.21. The van der Waals surface area contributed by atoms with Crippen LogP contribution in [0.4, 0.5) is 5.69 Å². The quantitative estimate of drug-likeness (QED) is 0.661. The van der Waals surface area contributed by atoms with Gasteiger partial charge in [0.25, 0.3) is 0 Å². The highest BCUT2D eigenvalue weighted by atomic mass is 35.5. The SMILES string of the molecule is CCN(CC)S(=O)(=O)c1cc(NC(=O)CCc2cccc(OC)c2)ccc1Cl. The van der Waals surface area contributed by atoms with Gasteiger partial charge in [0.05, 0.1) is 12.1 Å². The van der Waals surface area contributed by atoms with Gasteiger partial charge in [0.2, 0.25) is 15.9 Å². The van der Waals surface area contributed by atoms with Gasteiger partial charge in [0.1, 0.15) is 10.6 Å². The number of hydrogen-bond donors (Lipinski definition) is 1. The Morgan fingerprint density at radius 3 is 2.50 bits per heavy atom. The predicted molar refractivity (Wildman–Crippen MR) is 112 cm³/mol. The van der Waals surface area contributed by atoms with Crippen LogP contribution < -0.4 is 10.1 Å². The summed E-state index contributed by atoms with van der Waals surface area (Å²) >= 11 is 6.11. The molecule has 2 rings (SSSR count). The van der Waals surface area contributed by atoms with Crippen LogP contribution in [-0.2, 0) is 21.2 Å². The molecule has 0 aliphatic carbocycles. The van der Waals surface area contributed by atoms with E-state index in [2.05, 4.69) is 5.32 Å². The first-order valence-corrected chi connectivity index (χ1v) is 10.9. The van der Waals surface area contributed by atoms with Crippen molar-refractivity contribution in [1.29, 1.82) is 0 Å². The number of methoxy groups -OCH3 is 1. The first kappa shape index (κ1) is 22.2. The zero-order chi connectivity index (χ0) is 20.7. The molecule has 0 atom stereocenters. The van der Waals surface area contributed by atoms with Gasteiger partial charge in [0.15, 0.2) is 0 Å². The number of aryl methyl sites for hydroxylation is 1. The third kappa shape index (κ3) is 5.47. The normalized spacial score (nSPS) is 11.5. The van der Waals surface area contributed by atoms with Gasteiger partial charge < -0.3 is 10.1 Å². The number of hydrogen-bond acceptors (Lipinski definition) is 4. The van der Waals surface area contributed by atoms with Crippen molar-refractivity contribution >= 4 is 33.2 Å². The number of ether oxygens (including phenoxy) is 1. The Balaban J connectivity index is 2.11. The van der Waals surface area contributed by atoms with Crippen molar-refractivity contribution in [3.8, 4) is 5.75 Å². The Bertz CT molecular complexity index is 928. The molecule has 0 saturated carbocycles. The molecule has 2 aromatic carbocycles. The predicted octanol–water partition coefficient (Wildman–Crippen LogP) is 3.95. The first-order valence-electron chi connectivity index (χ1n) is 9.04. The lowest BCUT2D eigenvalue weighted by Crippen LogP contribution is -2.30. The number of anilines is 1. The molecule has 0 fully saturated rings. The second kappa shape index (κ2) is 9.91. The smallest absolute Gasteiger partial charge is 0.244 e. The third-order valence-electron chi connectivity index (χ3n) is 4.31. The number of carbonyl (C=O) groups is 1. The maximum atomic E-state index is 12.7. The molecule has 0 bridgehead atoms. The molecule has 0 unspecified atom stereocenters. The van der Waals surface area contributed by atoms with Crippen LogP contribution in [-0.4, -0.2) is 38.8 Å². The van der Waals surface area contributed by atoms with Gasteiger partial charge in [-0.3, -0.25) is 4.79 Å². The summed E-state index contributed by atoms with van der Waals surface area (Å²) in [5, 5.41) is 2.87. The highest BCUT2D eigenvalue weighted by Gasteiger charge is 2.24. The van der Waals surface area contributed by atoms with Gasteiger partial charge in [0, 0.05) is 25.2 Å². The lowest BCUT2D eigenvalue weighted by molar-refractivity contribution is -0.116. The highest BCUT2D eigenvalue weighted by molar-refractivity contribution is 7.89. The fraction of sp³-hybridized carbons (Fsp3) is 0.350. The van der Waals surface area contributed by atoms with Crippen LogP contribution in [0.25, 0.3) is 0 Å².